The van der Waals surface area contributed by atoms with Crippen LogP contribution in [0.25, 0.3) is 10.9 Å². The van der Waals surface area contributed by atoms with Crippen LogP contribution in [-0.4, -0.2) is 46.0 Å². The molecule has 2 amide bonds. The third kappa shape index (κ3) is 3.17. The number of aromatic nitrogens is 2. The fraction of sp³-hybridized carbons (Fsp3) is 0.529. The number of carbonyl (C=O) groups excluding carboxylic acids is 1. The molecule has 1 N–H and O–H groups in total. The van der Waals surface area contributed by atoms with Crippen molar-refractivity contribution >= 4 is 22.6 Å². The van der Waals surface area contributed by atoms with E-state index < -0.39 is 0 Å². The van der Waals surface area contributed by atoms with Gasteiger partial charge in [-0.3, -0.25) is 4.68 Å². The Morgan fingerprint density at radius 1 is 1.43 bits per heavy atom. The molecule has 23 heavy (non-hydrogen) atoms. The monoisotopic (exact) mass is 316 g/mol. The molecular formula is C17H24N4O2. The molecule has 1 aromatic heterocycles. The van der Waals surface area contributed by atoms with E-state index in [2.05, 4.69) is 31.2 Å². The van der Waals surface area contributed by atoms with Crippen LogP contribution in [0.3, 0.4) is 0 Å². The number of morpholine rings is 1. The highest BCUT2D eigenvalue weighted by molar-refractivity contribution is 5.92. The summed E-state index contributed by atoms with van der Waals surface area (Å²) in [6.07, 6.45) is 2.73. The van der Waals surface area contributed by atoms with E-state index >= 15 is 0 Å². The molecule has 2 aromatic rings. The Kier molecular flexibility index (Phi) is 4.26. The van der Waals surface area contributed by atoms with E-state index in [-0.39, 0.29) is 11.6 Å². The molecule has 124 valence electrons. The second-order valence-corrected chi connectivity index (χ2v) is 6.24. The van der Waals surface area contributed by atoms with Gasteiger partial charge in [-0.05, 0) is 38.5 Å². The summed E-state index contributed by atoms with van der Waals surface area (Å²) in [5.74, 6) is 0. The maximum absolute atomic E-state index is 12.5. The van der Waals surface area contributed by atoms with Crippen LogP contribution < -0.4 is 5.32 Å². The maximum atomic E-state index is 12.5. The first-order chi connectivity index (χ1) is 11.0. The summed E-state index contributed by atoms with van der Waals surface area (Å²) in [5.41, 5.74) is 1.58. The van der Waals surface area contributed by atoms with E-state index in [1.807, 2.05) is 34.0 Å². The topological polar surface area (TPSA) is 59.4 Å². The lowest BCUT2D eigenvalue weighted by atomic mass is 10.0. The molecule has 0 radical (unpaired) electrons. The average molecular weight is 316 g/mol. The molecule has 0 bridgehead atoms. The molecule has 0 saturated carbocycles. The maximum Gasteiger partial charge on any atom is 0.322 e. The number of ether oxygens (including phenoxy) is 1. The molecular weight excluding hydrogens is 292 g/mol. The summed E-state index contributed by atoms with van der Waals surface area (Å²) < 4.78 is 7.71. The van der Waals surface area contributed by atoms with Crippen LogP contribution in [0.2, 0.25) is 0 Å². The average Bonchev–Trinajstić information content (AvgIpc) is 2.97. The Morgan fingerprint density at radius 3 is 3.00 bits per heavy atom. The van der Waals surface area contributed by atoms with Crippen molar-refractivity contribution in [1.82, 2.24) is 14.7 Å². The van der Waals surface area contributed by atoms with Crippen molar-refractivity contribution in [3.63, 3.8) is 0 Å². The van der Waals surface area contributed by atoms with Gasteiger partial charge in [-0.25, -0.2) is 4.79 Å². The van der Waals surface area contributed by atoms with Gasteiger partial charge in [0.2, 0.25) is 0 Å². The molecule has 1 unspecified atom stereocenters. The second kappa shape index (κ2) is 6.20. The number of aryl methyl sites for hydroxylation is 1. The zero-order chi connectivity index (χ0) is 16.4. The van der Waals surface area contributed by atoms with Crippen LogP contribution in [0.5, 0.6) is 0 Å². The number of rotatable bonds is 3. The lowest BCUT2D eigenvalue weighted by molar-refractivity contribution is -0.0860. The predicted octanol–water partition coefficient (Wildman–Crippen LogP) is 3.09. The second-order valence-electron chi connectivity index (χ2n) is 6.24. The van der Waals surface area contributed by atoms with Crippen molar-refractivity contribution in [2.45, 2.75) is 39.3 Å². The minimum atomic E-state index is -0.250. The smallest absolute Gasteiger partial charge is 0.322 e. The largest absolute Gasteiger partial charge is 0.372 e. The fourth-order valence-corrected chi connectivity index (χ4v) is 2.92. The Labute approximate surface area is 136 Å². The Morgan fingerprint density at radius 2 is 2.26 bits per heavy atom. The Balaban J connectivity index is 1.74. The third-order valence-corrected chi connectivity index (χ3v) is 4.57. The molecule has 2 heterocycles. The molecule has 1 aliphatic heterocycles. The molecule has 3 rings (SSSR count). The predicted molar refractivity (Wildman–Crippen MR) is 90.6 cm³/mol. The fourth-order valence-electron chi connectivity index (χ4n) is 2.92. The van der Waals surface area contributed by atoms with Gasteiger partial charge in [0.1, 0.15) is 0 Å². The molecule has 6 heteroatoms. The SMILES string of the molecule is CCn1ncc2ccc(NC(=O)N3CCOC(C)(CC)C3)cc21. The van der Waals surface area contributed by atoms with Crippen LogP contribution in [-0.2, 0) is 11.3 Å². The minimum absolute atomic E-state index is 0.0742. The Bertz CT molecular complexity index is 712. The lowest BCUT2D eigenvalue weighted by Crippen LogP contribution is -2.53. The summed E-state index contributed by atoms with van der Waals surface area (Å²) in [7, 11) is 0. The summed E-state index contributed by atoms with van der Waals surface area (Å²) in [6.45, 7) is 8.82. The van der Waals surface area contributed by atoms with E-state index in [1.54, 1.807) is 0 Å². The first-order valence-electron chi connectivity index (χ1n) is 8.20. The number of nitrogens with zero attached hydrogens (tertiary/aromatic N) is 3. The first-order valence-corrected chi connectivity index (χ1v) is 8.20. The molecule has 1 saturated heterocycles. The summed E-state index contributed by atoms with van der Waals surface area (Å²) >= 11 is 0. The number of hydrogen-bond donors (Lipinski definition) is 1. The number of amides is 2. The molecule has 1 fully saturated rings. The summed E-state index contributed by atoms with van der Waals surface area (Å²) in [6, 6.07) is 5.80. The third-order valence-electron chi connectivity index (χ3n) is 4.57. The van der Waals surface area contributed by atoms with Gasteiger partial charge in [0, 0.05) is 24.2 Å². The zero-order valence-electron chi connectivity index (χ0n) is 14.0. The van der Waals surface area contributed by atoms with E-state index in [1.165, 1.54) is 0 Å². The molecule has 0 spiro atoms. The quantitative estimate of drug-likeness (QED) is 0.946. The van der Waals surface area contributed by atoms with Gasteiger partial charge in [0.05, 0.1) is 30.5 Å². The van der Waals surface area contributed by atoms with E-state index in [9.17, 15) is 4.79 Å². The first kappa shape index (κ1) is 15.8. The van der Waals surface area contributed by atoms with Crippen LogP contribution in [0.4, 0.5) is 10.5 Å². The van der Waals surface area contributed by atoms with Gasteiger partial charge >= 0.3 is 6.03 Å². The number of fused-ring (bicyclic) bond motifs is 1. The number of urea groups is 1. The highest BCUT2D eigenvalue weighted by atomic mass is 16.5. The highest BCUT2D eigenvalue weighted by Gasteiger charge is 2.32. The van der Waals surface area contributed by atoms with Crippen molar-refractivity contribution in [2.75, 3.05) is 25.0 Å². The summed E-state index contributed by atoms with van der Waals surface area (Å²) in [4.78, 5) is 14.4. The standard InChI is InChI=1S/C17H24N4O2/c1-4-17(3)12-20(8-9-23-17)16(22)19-14-7-6-13-11-18-21(5-2)15(13)10-14/h6-7,10-11H,4-5,8-9,12H2,1-3H3,(H,19,22). The lowest BCUT2D eigenvalue weighted by Gasteiger charge is -2.39. The molecule has 6 nitrogen and oxygen atoms in total. The summed E-state index contributed by atoms with van der Waals surface area (Å²) in [5, 5.41) is 8.41. The van der Waals surface area contributed by atoms with Crippen molar-refractivity contribution in [3.05, 3.63) is 24.4 Å². The van der Waals surface area contributed by atoms with Crippen molar-refractivity contribution in [2.24, 2.45) is 0 Å². The van der Waals surface area contributed by atoms with Gasteiger partial charge < -0.3 is 15.0 Å². The molecule has 1 atom stereocenters. The van der Waals surface area contributed by atoms with Crippen LogP contribution >= 0.6 is 0 Å². The van der Waals surface area contributed by atoms with Gasteiger partial charge in [-0.2, -0.15) is 5.10 Å². The van der Waals surface area contributed by atoms with E-state index in [4.69, 9.17) is 4.74 Å². The number of carbonyl (C=O) groups is 1. The van der Waals surface area contributed by atoms with Gasteiger partial charge in [0.15, 0.2) is 0 Å². The molecule has 1 aromatic carbocycles. The molecule has 1 aliphatic rings. The van der Waals surface area contributed by atoms with Gasteiger partial charge in [0.25, 0.3) is 0 Å². The number of hydrogen-bond acceptors (Lipinski definition) is 3. The van der Waals surface area contributed by atoms with Crippen molar-refractivity contribution in [3.8, 4) is 0 Å². The zero-order valence-corrected chi connectivity index (χ0v) is 14.0. The highest BCUT2D eigenvalue weighted by Crippen LogP contribution is 2.23. The number of anilines is 1. The van der Waals surface area contributed by atoms with Gasteiger partial charge in [-0.1, -0.05) is 6.92 Å². The normalized spacial score (nSPS) is 21.6. The van der Waals surface area contributed by atoms with Crippen LogP contribution in [0.1, 0.15) is 27.2 Å². The Hall–Kier alpha value is -2.08. The van der Waals surface area contributed by atoms with Crippen molar-refractivity contribution < 1.29 is 9.53 Å². The van der Waals surface area contributed by atoms with Gasteiger partial charge in [-0.15, -0.1) is 0 Å². The van der Waals surface area contributed by atoms with Crippen LogP contribution in [0.15, 0.2) is 24.4 Å². The minimum Gasteiger partial charge on any atom is -0.372 e. The van der Waals surface area contributed by atoms with E-state index in [0.717, 1.165) is 29.6 Å². The van der Waals surface area contributed by atoms with Crippen molar-refractivity contribution in [1.29, 1.82) is 0 Å². The van der Waals surface area contributed by atoms with Crippen LogP contribution in [0, 0.1) is 0 Å². The molecule has 0 aliphatic carbocycles. The number of nitrogens with one attached hydrogen (secondary N) is 1. The van der Waals surface area contributed by atoms with E-state index in [0.29, 0.717) is 19.7 Å². The number of benzene rings is 1.